The molecule has 2 N–H and O–H groups in total. The van der Waals surface area contributed by atoms with Gasteiger partial charge in [0.1, 0.15) is 5.82 Å². The first-order valence-corrected chi connectivity index (χ1v) is 6.22. The summed E-state index contributed by atoms with van der Waals surface area (Å²) in [5, 5.41) is 11.8. The molecule has 1 aliphatic rings. The molecule has 2 rings (SSSR count). The summed E-state index contributed by atoms with van der Waals surface area (Å²) in [6.45, 7) is 1.61. The molecule has 0 spiro atoms. The Labute approximate surface area is 110 Å². The van der Waals surface area contributed by atoms with Gasteiger partial charge in [0, 0.05) is 12.1 Å². The highest BCUT2D eigenvalue weighted by molar-refractivity contribution is 5.94. The molecule has 0 bridgehead atoms. The van der Waals surface area contributed by atoms with Crippen LogP contribution >= 0.6 is 0 Å². The van der Waals surface area contributed by atoms with Crippen molar-refractivity contribution in [2.45, 2.75) is 32.6 Å². The standard InChI is InChI=1S/C14H16FNO3/c1-9-7-10(3-4-11(9)15)16-12(17)8-14(13(18)19)5-2-6-14/h3-4,7H,2,5-6,8H2,1H3,(H,16,17)(H,18,19). The molecule has 0 saturated heterocycles. The lowest BCUT2D eigenvalue weighted by atomic mass is 9.66. The third-order valence-electron chi connectivity index (χ3n) is 3.70. The van der Waals surface area contributed by atoms with Gasteiger partial charge in [0.05, 0.1) is 5.41 Å². The number of anilines is 1. The molecule has 5 heteroatoms. The van der Waals surface area contributed by atoms with E-state index in [-0.39, 0.29) is 18.1 Å². The quantitative estimate of drug-likeness (QED) is 0.879. The first-order valence-electron chi connectivity index (χ1n) is 6.22. The maximum absolute atomic E-state index is 13.1. The minimum absolute atomic E-state index is 0.0290. The molecule has 19 heavy (non-hydrogen) atoms. The number of rotatable bonds is 4. The number of nitrogens with one attached hydrogen (secondary N) is 1. The lowest BCUT2D eigenvalue weighted by Crippen LogP contribution is -2.41. The molecule has 1 aromatic rings. The molecule has 0 heterocycles. The Morgan fingerprint density at radius 2 is 2.11 bits per heavy atom. The Kier molecular flexibility index (Phi) is 3.55. The maximum Gasteiger partial charge on any atom is 0.310 e. The monoisotopic (exact) mass is 265 g/mol. The highest BCUT2D eigenvalue weighted by Crippen LogP contribution is 2.44. The minimum atomic E-state index is -0.913. The van der Waals surface area contributed by atoms with Crippen molar-refractivity contribution in [3.05, 3.63) is 29.6 Å². The van der Waals surface area contributed by atoms with E-state index in [0.717, 1.165) is 6.42 Å². The summed E-state index contributed by atoms with van der Waals surface area (Å²) in [6, 6.07) is 4.27. The van der Waals surface area contributed by atoms with Gasteiger partial charge < -0.3 is 10.4 Å². The summed E-state index contributed by atoms with van der Waals surface area (Å²) >= 11 is 0. The number of carboxylic acids is 1. The lowest BCUT2D eigenvalue weighted by Gasteiger charge is -2.36. The number of benzene rings is 1. The summed E-state index contributed by atoms with van der Waals surface area (Å²) in [5.41, 5.74) is 0.0252. The van der Waals surface area contributed by atoms with Crippen molar-refractivity contribution in [3.8, 4) is 0 Å². The molecule has 4 nitrogen and oxygen atoms in total. The Balaban J connectivity index is 2.01. The summed E-state index contributed by atoms with van der Waals surface area (Å²) in [5.74, 6) is -1.59. The van der Waals surface area contributed by atoms with Crippen LogP contribution in [0.5, 0.6) is 0 Å². The molecular weight excluding hydrogens is 249 g/mol. The van der Waals surface area contributed by atoms with Crippen LogP contribution in [0.2, 0.25) is 0 Å². The highest BCUT2D eigenvalue weighted by atomic mass is 19.1. The topological polar surface area (TPSA) is 66.4 Å². The van der Waals surface area contributed by atoms with Crippen LogP contribution in [-0.2, 0) is 9.59 Å². The number of carboxylic acid groups (broad SMARTS) is 1. The zero-order chi connectivity index (χ0) is 14.0. The first-order chi connectivity index (χ1) is 8.93. The molecular formula is C14H16FNO3. The predicted octanol–water partition coefficient (Wildman–Crippen LogP) is 2.72. The maximum atomic E-state index is 13.1. The lowest BCUT2D eigenvalue weighted by molar-refractivity contribution is -0.157. The van der Waals surface area contributed by atoms with Gasteiger partial charge in [0.2, 0.25) is 5.91 Å². The Bertz CT molecular complexity index is 523. The Morgan fingerprint density at radius 3 is 2.58 bits per heavy atom. The van der Waals surface area contributed by atoms with Crippen LogP contribution in [-0.4, -0.2) is 17.0 Å². The van der Waals surface area contributed by atoms with Crippen molar-refractivity contribution in [1.29, 1.82) is 0 Å². The molecule has 102 valence electrons. The second-order valence-electron chi connectivity index (χ2n) is 5.13. The number of carbonyl (C=O) groups excluding carboxylic acids is 1. The Hall–Kier alpha value is -1.91. The smallest absolute Gasteiger partial charge is 0.310 e. The van der Waals surface area contributed by atoms with Crippen LogP contribution in [0.4, 0.5) is 10.1 Å². The molecule has 1 fully saturated rings. The van der Waals surface area contributed by atoms with E-state index >= 15 is 0 Å². The average molecular weight is 265 g/mol. The van der Waals surface area contributed by atoms with Crippen molar-refractivity contribution in [2.24, 2.45) is 5.41 Å². The van der Waals surface area contributed by atoms with Gasteiger partial charge in [0.15, 0.2) is 0 Å². The van der Waals surface area contributed by atoms with E-state index in [0.29, 0.717) is 24.1 Å². The Morgan fingerprint density at radius 1 is 1.42 bits per heavy atom. The minimum Gasteiger partial charge on any atom is -0.481 e. The third kappa shape index (κ3) is 2.75. The molecule has 1 aromatic carbocycles. The van der Waals surface area contributed by atoms with Crippen LogP contribution in [0.15, 0.2) is 18.2 Å². The summed E-state index contributed by atoms with van der Waals surface area (Å²) in [4.78, 5) is 23.0. The summed E-state index contributed by atoms with van der Waals surface area (Å²) in [7, 11) is 0. The number of hydrogen-bond donors (Lipinski definition) is 2. The molecule has 0 unspecified atom stereocenters. The zero-order valence-electron chi connectivity index (χ0n) is 10.7. The van der Waals surface area contributed by atoms with E-state index in [9.17, 15) is 14.0 Å². The molecule has 1 saturated carbocycles. The number of aryl methyl sites for hydroxylation is 1. The highest BCUT2D eigenvalue weighted by Gasteiger charge is 2.45. The SMILES string of the molecule is Cc1cc(NC(=O)CC2(C(=O)O)CCC2)ccc1F. The van der Waals surface area contributed by atoms with Crippen LogP contribution in [0.3, 0.4) is 0 Å². The molecule has 1 aliphatic carbocycles. The second-order valence-corrected chi connectivity index (χ2v) is 5.13. The van der Waals surface area contributed by atoms with Gasteiger partial charge in [-0.05, 0) is 43.5 Å². The molecule has 1 amide bonds. The van der Waals surface area contributed by atoms with E-state index in [1.165, 1.54) is 18.2 Å². The first kappa shape index (κ1) is 13.5. The van der Waals surface area contributed by atoms with Gasteiger partial charge in [-0.1, -0.05) is 6.42 Å². The molecule has 0 aromatic heterocycles. The number of amides is 1. The van der Waals surface area contributed by atoms with E-state index in [2.05, 4.69) is 5.32 Å². The predicted molar refractivity (Wildman–Crippen MR) is 68.3 cm³/mol. The van der Waals surface area contributed by atoms with Gasteiger partial charge in [-0.15, -0.1) is 0 Å². The van der Waals surface area contributed by atoms with Crippen molar-refractivity contribution >= 4 is 17.6 Å². The molecule has 0 radical (unpaired) electrons. The van der Waals surface area contributed by atoms with E-state index in [1.807, 2.05) is 0 Å². The number of halogens is 1. The number of carbonyl (C=O) groups is 2. The second kappa shape index (κ2) is 4.99. The van der Waals surface area contributed by atoms with Gasteiger partial charge >= 0.3 is 5.97 Å². The summed E-state index contributed by atoms with van der Waals surface area (Å²) < 4.78 is 13.1. The van der Waals surface area contributed by atoms with Crippen molar-refractivity contribution in [2.75, 3.05) is 5.32 Å². The van der Waals surface area contributed by atoms with Crippen LogP contribution < -0.4 is 5.32 Å². The van der Waals surface area contributed by atoms with E-state index < -0.39 is 11.4 Å². The van der Waals surface area contributed by atoms with Gasteiger partial charge in [-0.25, -0.2) is 4.39 Å². The molecule has 0 atom stereocenters. The van der Waals surface area contributed by atoms with E-state index in [4.69, 9.17) is 5.11 Å². The van der Waals surface area contributed by atoms with Crippen LogP contribution in [0.1, 0.15) is 31.2 Å². The molecule has 0 aliphatic heterocycles. The van der Waals surface area contributed by atoms with Gasteiger partial charge in [-0.3, -0.25) is 9.59 Å². The van der Waals surface area contributed by atoms with Gasteiger partial charge in [0.25, 0.3) is 0 Å². The fourth-order valence-electron chi connectivity index (χ4n) is 2.30. The van der Waals surface area contributed by atoms with E-state index in [1.54, 1.807) is 6.92 Å². The van der Waals surface area contributed by atoms with Crippen LogP contribution in [0, 0.1) is 18.2 Å². The number of aliphatic carboxylic acids is 1. The van der Waals surface area contributed by atoms with Crippen LogP contribution in [0.25, 0.3) is 0 Å². The fourth-order valence-corrected chi connectivity index (χ4v) is 2.30. The third-order valence-corrected chi connectivity index (χ3v) is 3.70. The van der Waals surface area contributed by atoms with Crippen molar-refractivity contribution in [3.63, 3.8) is 0 Å². The van der Waals surface area contributed by atoms with Gasteiger partial charge in [-0.2, -0.15) is 0 Å². The number of hydrogen-bond acceptors (Lipinski definition) is 2. The van der Waals surface area contributed by atoms with Crippen molar-refractivity contribution in [1.82, 2.24) is 0 Å². The largest absolute Gasteiger partial charge is 0.481 e. The normalized spacial score (nSPS) is 16.5. The fraction of sp³-hybridized carbons (Fsp3) is 0.429. The average Bonchev–Trinajstić information content (AvgIpc) is 2.28. The zero-order valence-corrected chi connectivity index (χ0v) is 10.7. The summed E-state index contributed by atoms with van der Waals surface area (Å²) in [6.07, 6.45) is 1.89. The van der Waals surface area contributed by atoms with Crippen molar-refractivity contribution < 1.29 is 19.1 Å².